The molecule has 2 heterocycles. The molecule has 0 aliphatic heterocycles. The number of fused-ring (bicyclic) bond motifs is 1. The van der Waals surface area contributed by atoms with Crippen LogP contribution in [0.1, 0.15) is 43.2 Å². The van der Waals surface area contributed by atoms with E-state index in [0.717, 1.165) is 0 Å². The smallest absolute Gasteiger partial charge is 0.368 e. The van der Waals surface area contributed by atoms with Gasteiger partial charge in [0.25, 0.3) is 0 Å². The number of nitrogens with one attached hydrogen (secondary N) is 1. The van der Waals surface area contributed by atoms with Crippen molar-refractivity contribution < 1.29 is 13.2 Å². The minimum Gasteiger partial charge on any atom is -0.368 e. The lowest BCUT2D eigenvalue weighted by atomic mass is 9.97. The zero-order valence-corrected chi connectivity index (χ0v) is 15.6. The number of nitriles is 1. The molecule has 0 spiro atoms. The maximum atomic E-state index is 13.1. The molecule has 1 aliphatic carbocycles. The number of nitrogen functional groups attached to an aromatic ring is 1. The Bertz CT molecular complexity index is 1030. The molecule has 1 fully saturated rings. The third-order valence-corrected chi connectivity index (χ3v) is 4.83. The normalized spacial score (nSPS) is 14.9. The summed E-state index contributed by atoms with van der Waals surface area (Å²) in [7, 11) is 0. The van der Waals surface area contributed by atoms with Crippen LogP contribution in [0.2, 0.25) is 0 Å². The molecule has 0 radical (unpaired) electrons. The fraction of sp³-hybridized carbons (Fsp3) is 0.350. The number of aromatic amines is 1. The van der Waals surface area contributed by atoms with E-state index in [1.54, 1.807) is 12.1 Å². The summed E-state index contributed by atoms with van der Waals surface area (Å²) in [6, 6.07) is 7.15. The van der Waals surface area contributed by atoms with E-state index < -0.39 is 11.7 Å². The first-order valence-corrected chi connectivity index (χ1v) is 9.26. The van der Waals surface area contributed by atoms with Crippen molar-refractivity contribution >= 4 is 16.9 Å². The maximum absolute atomic E-state index is 13.1. The van der Waals surface area contributed by atoms with Crippen LogP contribution >= 0.6 is 0 Å². The highest BCUT2D eigenvalue weighted by Crippen LogP contribution is 2.38. The molecule has 0 atom stereocenters. The molecule has 4 rings (SSSR count). The number of anilines is 1. The van der Waals surface area contributed by atoms with Crippen LogP contribution in [0.3, 0.4) is 0 Å². The Labute approximate surface area is 165 Å². The van der Waals surface area contributed by atoms with Crippen LogP contribution in [0.25, 0.3) is 22.2 Å². The number of halogens is 3. The van der Waals surface area contributed by atoms with Crippen molar-refractivity contribution in [3.63, 3.8) is 0 Å². The molecule has 2 aromatic heterocycles. The summed E-state index contributed by atoms with van der Waals surface area (Å²) in [5, 5.41) is 9.37. The highest BCUT2D eigenvalue weighted by Gasteiger charge is 2.35. The number of nitrogens with zero attached hydrogens (tertiary/aromatic N) is 3. The summed E-state index contributed by atoms with van der Waals surface area (Å²) >= 11 is 0. The molecule has 1 aromatic carbocycles. The summed E-state index contributed by atoms with van der Waals surface area (Å²) in [4.78, 5) is 9.99. The Kier molecular flexibility index (Phi) is 6.03. The van der Waals surface area contributed by atoms with Gasteiger partial charge < -0.3 is 16.5 Å². The Morgan fingerprint density at radius 1 is 1.17 bits per heavy atom. The summed E-state index contributed by atoms with van der Waals surface area (Å²) < 4.78 is 39.4. The van der Waals surface area contributed by atoms with E-state index in [0.29, 0.717) is 28.7 Å². The zero-order chi connectivity index (χ0) is 21.0. The Balaban J connectivity index is 0.000000290. The molecule has 1 saturated carbocycles. The molecule has 1 aliphatic rings. The van der Waals surface area contributed by atoms with E-state index in [1.807, 2.05) is 6.07 Å². The molecule has 152 valence electrons. The summed E-state index contributed by atoms with van der Waals surface area (Å²) in [5.74, 6) is -0.244. The second kappa shape index (κ2) is 8.49. The number of hydrogen-bond acceptors (Lipinski definition) is 5. The lowest BCUT2D eigenvalue weighted by molar-refractivity contribution is -0.137. The molecule has 29 heavy (non-hydrogen) atoms. The number of alkyl halides is 3. The molecule has 0 amide bonds. The van der Waals surface area contributed by atoms with E-state index >= 15 is 0 Å². The molecule has 0 saturated heterocycles. The van der Waals surface area contributed by atoms with Crippen molar-refractivity contribution in [3.8, 4) is 17.3 Å². The van der Waals surface area contributed by atoms with Crippen LogP contribution in [0.15, 0.2) is 30.6 Å². The largest absolute Gasteiger partial charge is 0.419 e. The number of nitrogens with two attached hydrogens (primary N) is 2. The fourth-order valence-electron chi connectivity index (χ4n) is 3.33. The van der Waals surface area contributed by atoms with E-state index in [2.05, 4.69) is 15.0 Å². The standard InChI is InChI=1S/C14H8F3N5.C6H13N/c15-14(16,17)10-6-21-13(19)22-12(10)9-5-20-11-3-7(4-18)1-2-8(9)11;7-6-4-2-1-3-5-6/h1-3,5-6,20H,(H2,19,21,22);6H,1-5,7H2. The van der Waals surface area contributed by atoms with Gasteiger partial charge in [-0.25, -0.2) is 9.97 Å². The molecule has 0 bridgehead atoms. The van der Waals surface area contributed by atoms with Gasteiger partial charge in [-0.3, -0.25) is 0 Å². The maximum Gasteiger partial charge on any atom is 0.419 e. The lowest BCUT2D eigenvalue weighted by Gasteiger charge is -2.15. The van der Waals surface area contributed by atoms with E-state index in [-0.39, 0.29) is 17.2 Å². The minimum atomic E-state index is -4.60. The van der Waals surface area contributed by atoms with Gasteiger partial charge in [0.2, 0.25) is 5.95 Å². The zero-order valence-electron chi connectivity index (χ0n) is 15.6. The van der Waals surface area contributed by atoms with E-state index in [4.69, 9.17) is 16.7 Å². The van der Waals surface area contributed by atoms with Crippen LogP contribution in [-0.2, 0) is 6.18 Å². The number of hydrogen-bond donors (Lipinski definition) is 3. The quantitative estimate of drug-likeness (QED) is 0.558. The monoisotopic (exact) mass is 402 g/mol. The van der Waals surface area contributed by atoms with Gasteiger partial charge >= 0.3 is 6.18 Å². The summed E-state index contributed by atoms with van der Waals surface area (Å²) in [5.41, 5.74) is 11.0. The van der Waals surface area contributed by atoms with Crippen molar-refractivity contribution in [1.82, 2.24) is 15.0 Å². The van der Waals surface area contributed by atoms with Crippen molar-refractivity contribution in [2.24, 2.45) is 5.73 Å². The van der Waals surface area contributed by atoms with Crippen molar-refractivity contribution in [2.45, 2.75) is 44.3 Å². The van der Waals surface area contributed by atoms with Crippen LogP contribution in [-0.4, -0.2) is 21.0 Å². The molecular weight excluding hydrogens is 381 g/mol. The predicted octanol–water partition coefficient (Wildman–Crippen LogP) is 4.38. The van der Waals surface area contributed by atoms with Crippen molar-refractivity contribution in [1.29, 1.82) is 5.26 Å². The highest BCUT2D eigenvalue weighted by atomic mass is 19.4. The average molecular weight is 402 g/mol. The van der Waals surface area contributed by atoms with Crippen LogP contribution in [0.5, 0.6) is 0 Å². The van der Waals surface area contributed by atoms with Crippen LogP contribution in [0.4, 0.5) is 19.1 Å². The third kappa shape index (κ3) is 4.84. The second-order valence-electron chi connectivity index (χ2n) is 6.96. The van der Waals surface area contributed by atoms with Crippen molar-refractivity contribution in [3.05, 3.63) is 41.7 Å². The first-order valence-electron chi connectivity index (χ1n) is 9.26. The SMILES string of the molecule is N#Cc1ccc2c(-c3nc(N)ncc3C(F)(F)F)c[nH]c2c1.NC1CCCCC1. The third-order valence-electron chi connectivity index (χ3n) is 4.83. The molecule has 5 N–H and O–H groups in total. The van der Waals surface area contributed by atoms with Gasteiger partial charge in [-0.15, -0.1) is 0 Å². The van der Waals surface area contributed by atoms with Crippen molar-refractivity contribution in [2.75, 3.05) is 5.73 Å². The Hall–Kier alpha value is -3.12. The Morgan fingerprint density at radius 3 is 2.48 bits per heavy atom. The van der Waals surface area contributed by atoms with Crippen LogP contribution in [0, 0.1) is 11.3 Å². The lowest BCUT2D eigenvalue weighted by Crippen LogP contribution is -2.22. The molecule has 9 heteroatoms. The topological polar surface area (TPSA) is 117 Å². The Morgan fingerprint density at radius 2 is 1.90 bits per heavy atom. The number of rotatable bonds is 1. The first-order chi connectivity index (χ1) is 13.8. The average Bonchev–Trinajstić information content (AvgIpc) is 3.11. The van der Waals surface area contributed by atoms with Gasteiger partial charge in [0.15, 0.2) is 0 Å². The first kappa shape index (κ1) is 20.6. The molecule has 3 aromatic rings. The van der Waals surface area contributed by atoms with E-state index in [1.165, 1.54) is 44.4 Å². The predicted molar refractivity (Wildman–Crippen MR) is 105 cm³/mol. The van der Waals surface area contributed by atoms with Gasteiger partial charge in [0.1, 0.15) is 5.56 Å². The van der Waals surface area contributed by atoms with Gasteiger partial charge in [-0.1, -0.05) is 25.3 Å². The molecular formula is C20H21F3N6. The number of benzene rings is 1. The summed E-state index contributed by atoms with van der Waals surface area (Å²) in [6.07, 6.45) is 4.14. The van der Waals surface area contributed by atoms with Crippen LogP contribution < -0.4 is 11.5 Å². The van der Waals surface area contributed by atoms with Gasteiger partial charge in [0.05, 0.1) is 17.3 Å². The fourth-order valence-corrected chi connectivity index (χ4v) is 3.33. The van der Waals surface area contributed by atoms with E-state index in [9.17, 15) is 13.2 Å². The number of aromatic nitrogens is 3. The highest BCUT2D eigenvalue weighted by molar-refractivity contribution is 5.96. The number of H-pyrrole nitrogens is 1. The van der Waals surface area contributed by atoms with Gasteiger partial charge in [-0.2, -0.15) is 18.4 Å². The minimum absolute atomic E-state index is 0.244. The second-order valence-corrected chi connectivity index (χ2v) is 6.96. The summed E-state index contributed by atoms with van der Waals surface area (Å²) in [6.45, 7) is 0. The molecule has 0 unspecified atom stereocenters. The molecule has 6 nitrogen and oxygen atoms in total. The van der Waals surface area contributed by atoms with Gasteiger partial charge in [-0.05, 0) is 25.0 Å². The van der Waals surface area contributed by atoms with Gasteiger partial charge in [0, 0.05) is 34.9 Å².